The van der Waals surface area contributed by atoms with Crippen molar-refractivity contribution in [1.29, 1.82) is 0 Å². The van der Waals surface area contributed by atoms with Gasteiger partial charge < -0.3 is 21.4 Å². The number of fused-ring (bicyclic) bond motifs is 1. The van der Waals surface area contributed by atoms with E-state index in [0.717, 1.165) is 31.8 Å². The van der Waals surface area contributed by atoms with E-state index in [-0.39, 0.29) is 38.4 Å². The van der Waals surface area contributed by atoms with Crippen molar-refractivity contribution in [1.82, 2.24) is 35.7 Å². The predicted molar refractivity (Wildman–Crippen MR) is 175 cm³/mol. The molecule has 21 heteroatoms. The third-order valence-corrected chi connectivity index (χ3v) is 11.1. The van der Waals surface area contributed by atoms with Crippen LogP contribution in [0.5, 0.6) is 0 Å². The zero-order chi connectivity index (χ0) is 33.7. The van der Waals surface area contributed by atoms with Gasteiger partial charge in [-0.15, -0.1) is 11.8 Å². The van der Waals surface area contributed by atoms with Crippen LogP contribution in [0.1, 0.15) is 25.1 Å². The number of aliphatic carboxylic acids is 1. The Hall–Kier alpha value is -3.56. The normalized spacial score (nSPS) is 17.8. The molecule has 1 saturated heterocycles. The molecule has 1 unspecified atom stereocenters. The lowest BCUT2D eigenvalue weighted by molar-refractivity contribution is -0.158. The largest absolute Gasteiger partial charge is 0.477 e. The number of thiazole rings is 1. The number of β-lactam (4-membered cyclic amide) rings is 1. The summed E-state index contributed by atoms with van der Waals surface area (Å²) in [4.78, 5) is 72.1. The number of nitrogen functional groups attached to an aromatic ring is 1. The van der Waals surface area contributed by atoms with Gasteiger partial charge in [0.25, 0.3) is 17.7 Å². The molecule has 6 N–H and O–H groups in total. The topological polar surface area (TPSA) is 224 Å². The lowest BCUT2D eigenvalue weighted by atomic mass is 10.0. The van der Waals surface area contributed by atoms with Crippen LogP contribution >= 0.6 is 58.2 Å². The Balaban J connectivity index is 1.42. The van der Waals surface area contributed by atoms with Crippen LogP contribution in [-0.4, -0.2) is 107 Å². The zero-order valence-electron chi connectivity index (χ0n) is 24.4. The quantitative estimate of drug-likeness (QED) is 0.0686. The van der Waals surface area contributed by atoms with E-state index >= 15 is 0 Å². The molecule has 246 valence electrons. The van der Waals surface area contributed by atoms with Gasteiger partial charge in [0.1, 0.15) is 27.1 Å². The number of hydrogen-bond acceptors (Lipinski definition) is 15. The smallest absolute Gasteiger partial charge is 0.353 e. The van der Waals surface area contributed by atoms with E-state index in [1.807, 2.05) is 0 Å². The number of aromatic nitrogens is 2. The Morgan fingerprint density at radius 3 is 2.65 bits per heavy atom. The van der Waals surface area contributed by atoms with Crippen LogP contribution in [0.3, 0.4) is 0 Å². The van der Waals surface area contributed by atoms with Gasteiger partial charge in [0.05, 0.1) is 0 Å². The summed E-state index contributed by atoms with van der Waals surface area (Å²) in [6.45, 7) is 3.10. The molecule has 4 rings (SSSR count). The predicted octanol–water partition coefficient (Wildman–Crippen LogP) is 1.42. The summed E-state index contributed by atoms with van der Waals surface area (Å²) in [6, 6.07) is 0.678. The van der Waals surface area contributed by atoms with Crippen LogP contribution < -0.4 is 16.5 Å². The van der Waals surface area contributed by atoms with Gasteiger partial charge in [-0.05, 0) is 11.6 Å². The van der Waals surface area contributed by atoms with Crippen molar-refractivity contribution in [2.24, 2.45) is 5.16 Å². The number of carbonyl (C=O) groups excluding carboxylic acids is 4. The number of amides is 4. The number of hydrogen-bond donors (Lipinski definition) is 5. The number of nitrogens with zero attached hydrogens (tertiary/aromatic N) is 6. The number of carboxylic acids is 1. The number of nitrogens with two attached hydrogens (primary N) is 1. The molecule has 0 spiro atoms. The Labute approximate surface area is 284 Å². The second kappa shape index (κ2) is 15.4. The number of nitrogens with one attached hydrogen (secondary N) is 2. The van der Waals surface area contributed by atoms with Gasteiger partial charge in [-0.3, -0.25) is 34.5 Å². The third kappa shape index (κ3) is 7.86. The van der Waals surface area contributed by atoms with Crippen molar-refractivity contribution in [2.45, 2.75) is 35.9 Å². The Morgan fingerprint density at radius 2 is 2.04 bits per heavy atom. The van der Waals surface area contributed by atoms with Gasteiger partial charge in [-0.25, -0.2) is 14.8 Å². The van der Waals surface area contributed by atoms with Crippen LogP contribution in [0.2, 0.25) is 4.34 Å². The van der Waals surface area contributed by atoms with Crippen LogP contribution in [-0.2, 0) is 29.7 Å². The van der Waals surface area contributed by atoms with Crippen LogP contribution in [0.15, 0.2) is 39.1 Å². The molecule has 0 aliphatic carbocycles. The number of oxime groups is 1. The second-order valence-electron chi connectivity index (χ2n) is 9.58. The highest BCUT2D eigenvalue weighted by atomic mass is 35.5. The number of carbonyl (C=O) groups is 5. The number of anilines is 1. The zero-order valence-corrected chi connectivity index (χ0v) is 28.4. The molecule has 2 atom stereocenters. The minimum atomic E-state index is -1.30. The molecule has 4 amide bonds. The molecule has 2 aliphatic heterocycles. The van der Waals surface area contributed by atoms with Gasteiger partial charge in [0.2, 0.25) is 5.91 Å². The summed E-state index contributed by atoms with van der Waals surface area (Å²) in [5.74, 6) is -2.22. The van der Waals surface area contributed by atoms with Gasteiger partial charge in [-0.2, -0.15) is 16.9 Å². The van der Waals surface area contributed by atoms with Crippen LogP contribution in [0.25, 0.3) is 0 Å². The fourth-order valence-electron chi connectivity index (χ4n) is 4.33. The lowest BCUT2D eigenvalue weighted by Crippen LogP contribution is -2.71. The molecule has 0 radical (unpaired) electrons. The average molecular weight is 730 g/mol. The highest BCUT2D eigenvalue weighted by molar-refractivity contribution is 8.06. The summed E-state index contributed by atoms with van der Waals surface area (Å²) < 4.78 is 0.0228. The lowest BCUT2D eigenvalue weighted by Gasteiger charge is -2.49. The first-order valence-corrected chi connectivity index (χ1v) is 17.4. The second-order valence-corrected chi connectivity index (χ2v) is 14.6. The fourth-order valence-corrected chi connectivity index (χ4v) is 8.90. The van der Waals surface area contributed by atoms with Gasteiger partial charge in [-0.1, -0.05) is 39.9 Å². The number of rotatable bonds is 12. The van der Waals surface area contributed by atoms with Crippen molar-refractivity contribution in [3.63, 3.8) is 0 Å². The molecule has 0 bridgehead atoms. The van der Waals surface area contributed by atoms with Gasteiger partial charge in [0.15, 0.2) is 10.8 Å². The number of pyridine rings is 1. The van der Waals surface area contributed by atoms with Crippen molar-refractivity contribution in [3.05, 3.63) is 44.7 Å². The molecular formula is C25H28ClN9O7S4. The Bertz CT molecular complexity index is 1620. The minimum Gasteiger partial charge on any atom is -0.477 e. The number of thioether (sulfide) groups is 3. The summed E-state index contributed by atoms with van der Waals surface area (Å²) >= 11 is 11.0. The SMILES string of the molecule is CC(=O)NN(C(C)=O)N(C)CCSCc1cnccc1SC1=C(C(=O)O)N2C(=O)C(NC(=O)/C(=N\O)c3nc(N)sc3Cl)[C@@H]2SC1. The summed E-state index contributed by atoms with van der Waals surface area (Å²) in [6.07, 6.45) is 3.27. The van der Waals surface area contributed by atoms with Crippen LogP contribution in [0, 0.1) is 0 Å². The maximum atomic E-state index is 13.2. The number of halogens is 1. The Morgan fingerprint density at radius 1 is 1.30 bits per heavy atom. The molecule has 2 aromatic rings. The molecule has 0 aromatic carbocycles. The first-order valence-electron chi connectivity index (χ1n) is 13.2. The fraction of sp³-hybridized carbons (Fsp3) is 0.360. The number of hydrazine groups is 2. The summed E-state index contributed by atoms with van der Waals surface area (Å²) in [7, 11) is 1.68. The maximum absolute atomic E-state index is 13.2. The van der Waals surface area contributed by atoms with Gasteiger partial charge in [0, 0.05) is 66.9 Å². The molecule has 4 heterocycles. The molecule has 46 heavy (non-hydrogen) atoms. The standard InChI is InChI=1S/C25H28ClN9O7S4/c1-11(36)31-35(12(2)37)33(3)6-7-43-9-13-8-28-5-4-14(13)45-15-10-44-23-18(22(39)34(23)19(15)24(40)41)29-21(38)17(32-42)16-20(26)46-25(27)30-16/h4-5,8,18,23,42H,6-7,9-10H2,1-3H3,(H2,27,30)(H,29,38)(H,31,36)(H,40,41)/b32-17-/t18?,23-/m0/s1. The van der Waals surface area contributed by atoms with Crippen molar-refractivity contribution < 1.29 is 34.3 Å². The van der Waals surface area contributed by atoms with E-state index in [1.54, 1.807) is 42.3 Å². The van der Waals surface area contributed by atoms with E-state index < -0.39 is 34.9 Å². The van der Waals surface area contributed by atoms with Crippen molar-refractivity contribution in [3.8, 4) is 0 Å². The molecule has 1 fully saturated rings. The summed E-state index contributed by atoms with van der Waals surface area (Å²) in [5, 5.41) is 27.1. The average Bonchev–Trinajstić information content (AvgIpc) is 3.33. The molecular weight excluding hydrogens is 702 g/mol. The first-order chi connectivity index (χ1) is 21.8. The van der Waals surface area contributed by atoms with Crippen molar-refractivity contribution in [2.75, 3.05) is 30.8 Å². The van der Waals surface area contributed by atoms with Crippen LogP contribution in [0.4, 0.5) is 5.13 Å². The monoisotopic (exact) mass is 729 g/mol. The summed E-state index contributed by atoms with van der Waals surface area (Å²) in [5.41, 5.74) is 8.06. The van der Waals surface area contributed by atoms with E-state index in [0.29, 0.717) is 23.0 Å². The molecule has 16 nitrogen and oxygen atoms in total. The Kier molecular flexibility index (Phi) is 11.8. The van der Waals surface area contributed by atoms with E-state index in [4.69, 9.17) is 17.3 Å². The molecule has 0 saturated carbocycles. The number of carboxylic acid groups (broad SMARTS) is 1. The highest BCUT2D eigenvalue weighted by Gasteiger charge is 2.54. The third-order valence-electron chi connectivity index (χ3n) is 6.38. The maximum Gasteiger partial charge on any atom is 0.353 e. The van der Waals surface area contributed by atoms with E-state index in [1.165, 1.54) is 37.4 Å². The minimum absolute atomic E-state index is 0.0228. The van der Waals surface area contributed by atoms with Crippen molar-refractivity contribution >= 4 is 98.7 Å². The molecule has 2 aromatic heterocycles. The highest BCUT2D eigenvalue weighted by Crippen LogP contribution is 2.46. The van der Waals surface area contributed by atoms with E-state index in [2.05, 4.69) is 25.9 Å². The molecule has 2 aliphatic rings. The van der Waals surface area contributed by atoms with E-state index in [9.17, 15) is 34.3 Å². The van der Waals surface area contributed by atoms with Gasteiger partial charge >= 0.3 is 5.97 Å². The first kappa shape index (κ1) is 35.3.